The quantitative estimate of drug-likeness (QED) is 0.214. The lowest BCUT2D eigenvalue weighted by molar-refractivity contribution is -0.0323. The zero-order chi connectivity index (χ0) is 30.4. The van der Waals surface area contributed by atoms with Crippen LogP contribution in [0.3, 0.4) is 0 Å². The molecule has 2 aliphatic carbocycles. The van der Waals surface area contributed by atoms with E-state index in [9.17, 15) is 10.2 Å². The number of aliphatic hydroxyl groups excluding tert-OH is 2. The lowest BCUT2D eigenvalue weighted by atomic mass is 9.68. The van der Waals surface area contributed by atoms with Gasteiger partial charge in [0.2, 0.25) is 0 Å². The van der Waals surface area contributed by atoms with Gasteiger partial charge in [-0.05, 0) is 67.4 Å². The molecule has 2 fully saturated rings. The van der Waals surface area contributed by atoms with Gasteiger partial charge in [0, 0.05) is 36.6 Å². The van der Waals surface area contributed by atoms with E-state index in [0.29, 0.717) is 11.8 Å². The molecule has 4 unspecified atom stereocenters. The molecule has 8 rings (SSSR count). The first-order chi connectivity index (χ1) is 21.2. The van der Waals surface area contributed by atoms with Crippen LogP contribution in [0.15, 0.2) is 42.6 Å². The van der Waals surface area contributed by atoms with Crippen molar-refractivity contribution >= 4 is 22.7 Å². The molecular weight excluding hydrogens is 585 g/mol. The summed E-state index contributed by atoms with van der Waals surface area (Å²) < 4.78 is 4.62. The minimum absolute atomic E-state index is 0.0984. The molecule has 0 aromatic carbocycles. The highest BCUT2D eigenvalue weighted by atomic mass is 32.1. The summed E-state index contributed by atoms with van der Waals surface area (Å²) in [6, 6.07) is 4.85. The fourth-order valence-corrected chi connectivity index (χ4v) is 12.4. The van der Waals surface area contributed by atoms with Crippen molar-refractivity contribution in [2.24, 2.45) is 22.7 Å². The number of thiophene rings is 2. The highest BCUT2D eigenvalue weighted by molar-refractivity contribution is 7.12. The van der Waals surface area contributed by atoms with Gasteiger partial charge in [-0.15, -0.1) is 22.7 Å². The molecule has 6 nitrogen and oxygen atoms in total. The van der Waals surface area contributed by atoms with Gasteiger partial charge < -0.3 is 19.3 Å². The molecule has 2 saturated carbocycles. The van der Waals surface area contributed by atoms with Crippen LogP contribution in [-0.4, -0.2) is 41.5 Å². The van der Waals surface area contributed by atoms with Crippen molar-refractivity contribution in [3.63, 3.8) is 0 Å². The van der Waals surface area contributed by atoms with Crippen LogP contribution >= 0.6 is 22.7 Å². The molecule has 0 spiro atoms. The third-order valence-corrected chi connectivity index (χ3v) is 14.3. The summed E-state index contributed by atoms with van der Waals surface area (Å²) in [4.78, 5) is 13.2. The van der Waals surface area contributed by atoms with E-state index in [1.165, 1.54) is 62.8 Å². The predicted octanol–water partition coefficient (Wildman–Crippen LogP) is 8.67. The third kappa shape index (κ3) is 4.30. The van der Waals surface area contributed by atoms with Gasteiger partial charge in [0.05, 0.1) is 60.7 Å². The average Bonchev–Trinajstić information content (AvgIpc) is 3.85. The van der Waals surface area contributed by atoms with Gasteiger partial charge in [-0.25, -0.2) is 9.97 Å². The van der Waals surface area contributed by atoms with Crippen LogP contribution in [0.2, 0.25) is 0 Å². The Kier molecular flexibility index (Phi) is 7.06. The van der Waals surface area contributed by atoms with Crippen LogP contribution in [0, 0.1) is 22.7 Å². The van der Waals surface area contributed by atoms with Gasteiger partial charge in [-0.1, -0.05) is 53.4 Å². The Balaban J connectivity index is 1.06. The van der Waals surface area contributed by atoms with Crippen molar-refractivity contribution in [2.45, 2.75) is 116 Å². The van der Waals surface area contributed by atoms with E-state index in [0.717, 1.165) is 32.1 Å². The summed E-state index contributed by atoms with van der Waals surface area (Å²) in [5, 5.41) is 26.1. The van der Waals surface area contributed by atoms with Crippen LogP contribution in [0.5, 0.6) is 0 Å². The van der Waals surface area contributed by atoms with Gasteiger partial charge >= 0.3 is 0 Å². The zero-order valence-corrected chi connectivity index (χ0v) is 28.1. The molecule has 2 aliphatic heterocycles. The zero-order valence-electron chi connectivity index (χ0n) is 26.4. The largest absolute Gasteiger partial charge is 0.392 e. The van der Waals surface area contributed by atoms with Gasteiger partial charge in [0.25, 0.3) is 0 Å². The average molecular weight is 631 g/mol. The van der Waals surface area contributed by atoms with Gasteiger partial charge in [-0.3, -0.25) is 0 Å². The van der Waals surface area contributed by atoms with Crippen LogP contribution in [0.4, 0.5) is 0 Å². The van der Waals surface area contributed by atoms with Gasteiger partial charge in [0.1, 0.15) is 0 Å². The summed E-state index contributed by atoms with van der Waals surface area (Å²) in [6.45, 7) is 9.07. The first-order valence-electron chi connectivity index (χ1n) is 16.8. The third-order valence-electron chi connectivity index (χ3n) is 12.0. The maximum Gasteiger partial charge on any atom is 0.0957 e. The molecule has 0 radical (unpaired) electrons. The summed E-state index contributed by atoms with van der Waals surface area (Å²) in [5.41, 5.74) is 4.32. The second-order valence-corrected chi connectivity index (χ2v) is 17.4. The molecule has 234 valence electrons. The molecule has 0 bridgehead atoms. The van der Waals surface area contributed by atoms with E-state index in [1.807, 2.05) is 47.7 Å². The maximum absolute atomic E-state index is 12.1. The van der Waals surface area contributed by atoms with Crippen LogP contribution < -0.4 is 0 Å². The molecule has 8 heteroatoms. The molecule has 4 aromatic heterocycles. The van der Waals surface area contributed by atoms with Crippen LogP contribution in [0.25, 0.3) is 22.5 Å². The van der Waals surface area contributed by atoms with E-state index in [-0.39, 0.29) is 34.9 Å². The number of fused-ring (bicyclic) bond motifs is 6. The van der Waals surface area contributed by atoms with E-state index >= 15 is 0 Å². The normalized spacial score (nSPS) is 26.7. The number of nitrogens with zero attached hydrogens (tertiary/aromatic N) is 4. The Bertz CT molecular complexity index is 1610. The number of aliphatic hydroxyl groups is 2. The monoisotopic (exact) mass is 630 g/mol. The minimum Gasteiger partial charge on any atom is -0.392 e. The topological polar surface area (TPSA) is 76.1 Å². The highest BCUT2D eigenvalue weighted by Gasteiger charge is 2.49. The lowest BCUT2D eigenvalue weighted by Crippen LogP contribution is -2.43. The first-order valence-corrected chi connectivity index (χ1v) is 18.5. The maximum atomic E-state index is 12.1. The second kappa shape index (κ2) is 10.6. The molecule has 0 saturated heterocycles. The number of aromatic nitrogens is 4. The first kappa shape index (κ1) is 29.2. The Morgan fingerprint density at radius 3 is 2.09 bits per heavy atom. The summed E-state index contributed by atoms with van der Waals surface area (Å²) in [5.74, 6) is 1.08. The molecular formula is C36H46N4O2S2. The number of rotatable bonds is 7. The predicted molar refractivity (Wildman–Crippen MR) is 178 cm³/mol. The van der Waals surface area contributed by atoms with Crippen molar-refractivity contribution in [1.82, 2.24) is 19.1 Å². The highest BCUT2D eigenvalue weighted by Crippen LogP contribution is 2.57. The van der Waals surface area contributed by atoms with Gasteiger partial charge in [-0.2, -0.15) is 0 Å². The Morgan fingerprint density at radius 1 is 0.773 bits per heavy atom. The summed E-state index contributed by atoms with van der Waals surface area (Å²) in [7, 11) is 0. The van der Waals surface area contributed by atoms with Crippen LogP contribution in [0.1, 0.15) is 118 Å². The molecule has 2 N–H and O–H groups in total. The fraction of sp³-hybridized carbons (Fsp3) is 0.611. The summed E-state index contributed by atoms with van der Waals surface area (Å²) >= 11 is 3.78. The SMILES string of the molecule is CC(C)(C1c2sccc2-c2cncn21)[C@H](O)C1CCCC(c2cc3c(s2)C(C(C)(C)[C@@H](O)C2CCCCC2)n2cncc2-3)C1. The van der Waals surface area contributed by atoms with Crippen molar-refractivity contribution in [3.05, 3.63) is 57.2 Å². The van der Waals surface area contributed by atoms with Crippen molar-refractivity contribution < 1.29 is 10.2 Å². The number of hydrogen-bond acceptors (Lipinski definition) is 6. The van der Waals surface area contributed by atoms with E-state index in [2.05, 4.69) is 64.3 Å². The number of imidazole rings is 2. The lowest BCUT2D eigenvalue weighted by Gasteiger charge is -2.43. The molecule has 44 heavy (non-hydrogen) atoms. The van der Waals surface area contributed by atoms with E-state index < -0.39 is 6.10 Å². The molecule has 6 atom stereocenters. The Morgan fingerprint density at radius 2 is 1.39 bits per heavy atom. The van der Waals surface area contributed by atoms with E-state index in [4.69, 9.17) is 0 Å². The second-order valence-electron chi connectivity index (χ2n) is 15.4. The van der Waals surface area contributed by atoms with Crippen molar-refractivity contribution in [2.75, 3.05) is 0 Å². The van der Waals surface area contributed by atoms with Crippen molar-refractivity contribution in [1.29, 1.82) is 0 Å². The molecule has 6 heterocycles. The van der Waals surface area contributed by atoms with Gasteiger partial charge in [0.15, 0.2) is 0 Å². The molecule has 4 aromatic rings. The molecule has 4 aliphatic rings. The smallest absolute Gasteiger partial charge is 0.0957 e. The summed E-state index contributed by atoms with van der Waals surface area (Å²) in [6.07, 6.45) is 17.6. The number of hydrogen-bond donors (Lipinski definition) is 2. The molecule has 0 amide bonds. The van der Waals surface area contributed by atoms with Crippen LogP contribution in [-0.2, 0) is 0 Å². The van der Waals surface area contributed by atoms with E-state index in [1.54, 1.807) is 0 Å². The standard InChI is InChI=1S/C36H46N4O2S2/c1-35(2,31-29-24(13-14-43-29)26-17-37-19-39(26)31)34(42)23-12-8-11-22(15-23)28-16-25-27-18-38-20-40(27)32(30(25)44-28)36(3,4)33(41)21-9-6-5-7-10-21/h13-14,16-23,31-34,41-42H,5-12,15H2,1-4H3/t22?,23?,31?,32?,33-,34+/m0/s1. The minimum atomic E-state index is -0.413. The fourth-order valence-electron chi connectivity index (χ4n) is 9.62. The Labute approximate surface area is 269 Å². The Hall–Kier alpha value is -2.26. The van der Waals surface area contributed by atoms with Crippen molar-refractivity contribution in [3.8, 4) is 22.5 Å².